The van der Waals surface area contributed by atoms with Crippen LogP contribution < -0.4 is 10.5 Å². The lowest BCUT2D eigenvalue weighted by molar-refractivity contribution is 0.229. The van der Waals surface area contributed by atoms with Crippen molar-refractivity contribution in [1.82, 2.24) is 15.1 Å². The van der Waals surface area contributed by atoms with Crippen molar-refractivity contribution in [2.24, 2.45) is 5.73 Å². The standard InChI is InChI=1S/C18H20N4O2S.ClH/c1-2-23-14-6-4-12(5-7-14)16-20-13(11-25-16)10-15-21-17(22-24-15)18(19)8-3-9-18;/h4-7,11H,2-3,8-10,19H2,1H3;1H. The lowest BCUT2D eigenvalue weighted by Gasteiger charge is -2.34. The minimum absolute atomic E-state index is 0. The van der Waals surface area contributed by atoms with E-state index in [0.717, 1.165) is 41.3 Å². The van der Waals surface area contributed by atoms with Crippen LogP contribution in [0.4, 0.5) is 0 Å². The van der Waals surface area contributed by atoms with Crippen LogP contribution in [0.5, 0.6) is 5.75 Å². The van der Waals surface area contributed by atoms with Gasteiger partial charge in [0, 0.05) is 10.9 Å². The van der Waals surface area contributed by atoms with Crippen LogP contribution in [0.3, 0.4) is 0 Å². The van der Waals surface area contributed by atoms with E-state index in [2.05, 4.69) is 15.1 Å². The van der Waals surface area contributed by atoms with Crippen LogP contribution in [-0.4, -0.2) is 21.7 Å². The van der Waals surface area contributed by atoms with Crippen LogP contribution in [0.1, 0.15) is 43.6 Å². The third-order valence-corrected chi connectivity index (χ3v) is 5.40. The second-order valence-electron chi connectivity index (χ2n) is 6.30. The maximum atomic E-state index is 6.24. The predicted octanol–water partition coefficient (Wildman–Crippen LogP) is 3.94. The number of halogens is 1. The number of hydrogen-bond donors (Lipinski definition) is 1. The Morgan fingerprint density at radius 2 is 2.00 bits per heavy atom. The first kappa shape index (κ1) is 18.8. The van der Waals surface area contributed by atoms with E-state index in [1.165, 1.54) is 0 Å². The smallest absolute Gasteiger partial charge is 0.232 e. The number of benzene rings is 1. The number of ether oxygens (including phenoxy) is 1. The molecule has 26 heavy (non-hydrogen) atoms. The molecule has 3 aromatic rings. The molecule has 1 aromatic carbocycles. The molecule has 2 aromatic heterocycles. The fourth-order valence-corrected chi connectivity index (χ4v) is 3.67. The highest BCUT2D eigenvalue weighted by Gasteiger charge is 2.38. The molecule has 1 aliphatic rings. The molecule has 0 aliphatic heterocycles. The van der Waals surface area contributed by atoms with Gasteiger partial charge in [-0.1, -0.05) is 5.16 Å². The summed E-state index contributed by atoms with van der Waals surface area (Å²) >= 11 is 1.60. The number of rotatable bonds is 6. The van der Waals surface area contributed by atoms with Gasteiger partial charge in [0.1, 0.15) is 10.8 Å². The molecular formula is C18H21ClN4O2S. The zero-order valence-corrected chi connectivity index (χ0v) is 16.1. The first-order valence-corrected chi connectivity index (χ1v) is 9.34. The van der Waals surface area contributed by atoms with E-state index in [0.29, 0.717) is 24.7 Å². The van der Waals surface area contributed by atoms with Gasteiger partial charge in [0.2, 0.25) is 5.89 Å². The second kappa shape index (κ2) is 7.73. The SMILES string of the molecule is CCOc1ccc(-c2nc(Cc3nc(C4(N)CCC4)no3)cs2)cc1.Cl. The van der Waals surface area contributed by atoms with Gasteiger partial charge in [-0.25, -0.2) is 4.98 Å². The Kier molecular flexibility index (Phi) is 5.60. The highest BCUT2D eigenvalue weighted by atomic mass is 35.5. The van der Waals surface area contributed by atoms with Crippen LogP contribution in [0.25, 0.3) is 10.6 Å². The Morgan fingerprint density at radius 1 is 1.23 bits per heavy atom. The maximum absolute atomic E-state index is 6.24. The molecule has 1 aliphatic carbocycles. The molecule has 0 spiro atoms. The summed E-state index contributed by atoms with van der Waals surface area (Å²) in [7, 11) is 0. The topological polar surface area (TPSA) is 87.1 Å². The molecule has 0 radical (unpaired) electrons. The number of nitrogens with two attached hydrogens (primary N) is 1. The Labute approximate surface area is 162 Å². The van der Waals surface area contributed by atoms with Crippen LogP contribution in [0.2, 0.25) is 0 Å². The lowest BCUT2D eigenvalue weighted by atomic mass is 9.77. The Hall–Kier alpha value is -1.96. The van der Waals surface area contributed by atoms with Crippen LogP contribution in [0.15, 0.2) is 34.2 Å². The van der Waals surface area contributed by atoms with Gasteiger partial charge in [-0.2, -0.15) is 4.98 Å². The predicted molar refractivity (Wildman–Crippen MR) is 103 cm³/mol. The number of thiazole rings is 1. The molecule has 1 fully saturated rings. The summed E-state index contributed by atoms with van der Waals surface area (Å²) in [6, 6.07) is 7.97. The van der Waals surface area contributed by atoms with E-state index in [1.54, 1.807) is 11.3 Å². The summed E-state index contributed by atoms with van der Waals surface area (Å²) in [6.45, 7) is 2.64. The van der Waals surface area contributed by atoms with Crippen molar-refractivity contribution < 1.29 is 9.26 Å². The zero-order valence-electron chi connectivity index (χ0n) is 14.5. The average Bonchev–Trinajstić information content (AvgIpc) is 3.24. The van der Waals surface area contributed by atoms with E-state index in [-0.39, 0.29) is 12.4 Å². The molecule has 0 saturated heterocycles. The van der Waals surface area contributed by atoms with Gasteiger partial charge < -0.3 is 15.0 Å². The van der Waals surface area contributed by atoms with Gasteiger partial charge in [0.15, 0.2) is 5.82 Å². The third kappa shape index (κ3) is 3.75. The van der Waals surface area contributed by atoms with Gasteiger partial charge in [-0.15, -0.1) is 23.7 Å². The molecule has 0 bridgehead atoms. The molecule has 4 rings (SSSR count). The van der Waals surface area contributed by atoms with Crippen molar-refractivity contribution in [3.63, 3.8) is 0 Å². The minimum Gasteiger partial charge on any atom is -0.494 e. The second-order valence-corrected chi connectivity index (χ2v) is 7.16. The van der Waals surface area contributed by atoms with E-state index in [9.17, 15) is 0 Å². The maximum Gasteiger partial charge on any atom is 0.232 e. The Balaban J connectivity index is 0.00000196. The molecule has 0 atom stereocenters. The van der Waals surface area contributed by atoms with Crippen molar-refractivity contribution in [1.29, 1.82) is 0 Å². The minimum atomic E-state index is -0.392. The van der Waals surface area contributed by atoms with Gasteiger partial charge in [0.25, 0.3) is 0 Å². The van der Waals surface area contributed by atoms with Crippen LogP contribution in [0, 0.1) is 0 Å². The first-order valence-electron chi connectivity index (χ1n) is 8.46. The highest BCUT2D eigenvalue weighted by Crippen LogP contribution is 2.37. The lowest BCUT2D eigenvalue weighted by Crippen LogP contribution is -2.44. The highest BCUT2D eigenvalue weighted by molar-refractivity contribution is 7.13. The van der Waals surface area contributed by atoms with Gasteiger partial charge in [-0.05, 0) is 50.5 Å². The van der Waals surface area contributed by atoms with Crippen LogP contribution >= 0.6 is 23.7 Å². The van der Waals surface area contributed by atoms with Crippen molar-refractivity contribution in [3.05, 3.63) is 47.1 Å². The quantitative estimate of drug-likeness (QED) is 0.683. The molecule has 6 nitrogen and oxygen atoms in total. The number of hydrogen-bond acceptors (Lipinski definition) is 7. The number of aromatic nitrogens is 3. The third-order valence-electron chi connectivity index (χ3n) is 4.46. The summed E-state index contributed by atoms with van der Waals surface area (Å²) < 4.78 is 10.8. The summed E-state index contributed by atoms with van der Waals surface area (Å²) in [4.78, 5) is 9.13. The molecule has 1 saturated carbocycles. The molecule has 8 heteroatoms. The van der Waals surface area contributed by atoms with Crippen molar-refractivity contribution >= 4 is 23.7 Å². The van der Waals surface area contributed by atoms with Crippen LogP contribution in [-0.2, 0) is 12.0 Å². The fraction of sp³-hybridized carbons (Fsp3) is 0.389. The van der Waals surface area contributed by atoms with E-state index < -0.39 is 5.54 Å². The van der Waals surface area contributed by atoms with E-state index >= 15 is 0 Å². The summed E-state index contributed by atoms with van der Waals surface area (Å²) in [5.41, 5.74) is 7.84. The van der Waals surface area contributed by atoms with E-state index in [4.69, 9.17) is 15.0 Å². The molecule has 2 N–H and O–H groups in total. The molecule has 0 unspecified atom stereocenters. The monoisotopic (exact) mass is 392 g/mol. The zero-order chi connectivity index (χ0) is 17.3. The molecule has 0 amide bonds. The van der Waals surface area contributed by atoms with Gasteiger partial charge >= 0.3 is 0 Å². The van der Waals surface area contributed by atoms with Gasteiger partial charge in [-0.3, -0.25) is 0 Å². The largest absolute Gasteiger partial charge is 0.494 e. The summed E-state index contributed by atoms with van der Waals surface area (Å²) in [5, 5.41) is 7.04. The fourth-order valence-electron chi connectivity index (χ4n) is 2.85. The molecule has 2 heterocycles. The normalized spacial score (nSPS) is 15.2. The first-order chi connectivity index (χ1) is 12.2. The summed E-state index contributed by atoms with van der Waals surface area (Å²) in [6.07, 6.45) is 3.49. The summed E-state index contributed by atoms with van der Waals surface area (Å²) in [5.74, 6) is 2.05. The van der Waals surface area contributed by atoms with Gasteiger partial charge in [0.05, 0.1) is 24.3 Å². The Bertz CT molecular complexity index is 858. The van der Waals surface area contributed by atoms with Crippen molar-refractivity contribution in [3.8, 4) is 16.3 Å². The van der Waals surface area contributed by atoms with Crippen molar-refractivity contribution in [2.45, 2.75) is 38.1 Å². The average molecular weight is 393 g/mol. The van der Waals surface area contributed by atoms with Crippen molar-refractivity contribution in [2.75, 3.05) is 6.61 Å². The Morgan fingerprint density at radius 3 is 2.65 bits per heavy atom. The molecule has 138 valence electrons. The molecular weight excluding hydrogens is 372 g/mol. The van der Waals surface area contributed by atoms with E-state index in [1.807, 2.05) is 36.6 Å². The number of nitrogens with zero attached hydrogens (tertiary/aromatic N) is 3.